The first-order chi connectivity index (χ1) is 9.39. The van der Waals surface area contributed by atoms with Crippen molar-refractivity contribution in [2.75, 3.05) is 17.8 Å². The van der Waals surface area contributed by atoms with Gasteiger partial charge in [-0.05, 0) is 24.0 Å². The zero-order chi connectivity index (χ0) is 14.8. The Hall–Kier alpha value is -1.05. The Morgan fingerprint density at radius 2 is 2.00 bits per heavy atom. The summed E-state index contributed by atoms with van der Waals surface area (Å²) in [5.74, 6) is -0.742. The van der Waals surface area contributed by atoms with Gasteiger partial charge in [0.05, 0.1) is 30.1 Å². The summed E-state index contributed by atoms with van der Waals surface area (Å²) in [7, 11) is -3.24. The fraction of sp³-hybridized carbons (Fsp3) is 0.462. The summed E-state index contributed by atoms with van der Waals surface area (Å²) >= 11 is 1.62. The van der Waals surface area contributed by atoms with Crippen LogP contribution in [0.2, 0.25) is 0 Å². The van der Waals surface area contributed by atoms with Crippen LogP contribution in [0.15, 0.2) is 29.2 Å². The first-order valence-corrected chi connectivity index (χ1v) is 9.25. The van der Waals surface area contributed by atoms with E-state index in [-0.39, 0.29) is 23.8 Å². The average molecular weight is 315 g/mol. The van der Waals surface area contributed by atoms with Gasteiger partial charge in [-0.2, -0.15) is 0 Å². The first kappa shape index (κ1) is 15.3. The summed E-state index contributed by atoms with van der Waals surface area (Å²) in [5, 5.41) is 12.2. The Morgan fingerprint density at radius 3 is 2.50 bits per heavy atom. The number of sulfone groups is 1. The highest BCUT2D eigenvalue weighted by atomic mass is 32.2. The molecule has 0 saturated carbocycles. The molecule has 1 aliphatic heterocycles. The molecular weight excluding hydrogens is 298 g/mol. The van der Waals surface area contributed by atoms with Gasteiger partial charge in [-0.3, -0.25) is 4.79 Å². The topological polar surface area (TPSA) is 83.5 Å². The van der Waals surface area contributed by atoms with Crippen LogP contribution < -0.4 is 5.32 Å². The summed E-state index contributed by atoms with van der Waals surface area (Å²) in [4.78, 5) is 13.0. The van der Waals surface area contributed by atoms with Crippen molar-refractivity contribution < 1.29 is 18.3 Å². The SMILES string of the molecule is CSc1ccc(CC(=O)N[C@@H]2CS(=O)(=O)C[C@H]2O)cc1. The molecule has 1 saturated heterocycles. The molecule has 0 aromatic heterocycles. The molecule has 5 nitrogen and oxygen atoms in total. The highest BCUT2D eigenvalue weighted by Crippen LogP contribution is 2.16. The van der Waals surface area contributed by atoms with Crippen molar-refractivity contribution in [3.63, 3.8) is 0 Å². The van der Waals surface area contributed by atoms with Crippen LogP contribution >= 0.6 is 11.8 Å². The van der Waals surface area contributed by atoms with E-state index < -0.39 is 22.0 Å². The Labute approximate surface area is 122 Å². The second-order valence-electron chi connectivity index (χ2n) is 4.84. The van der Waals surface area contributed by atoms with Crippen LogP contribution in [0.5, 0.6) is 0 Å². The van der Waals surface area contributed by atoms with E-state index in [9.17, 15) is 18.3 Å². The third-order valence-electron chi connectivity index (χ3n) is 3.19. The van der Waals surface area contributed by atoms with Crippen LogP contribution in [-0.4, -0.2) is 49.3 Å². The van der Waals surface area contributed by atoms with E-state index in [1.165, 1.54) is 0 Å². The number of amides is 1. The lowest BCUT2D eigenvalue weighted by atomic mass is 10.1. The number of carbonyl (C=O) groups excluding carboxylic acids is 1. The Bertz CT molecular complexity index is 583. The monoisotopic (exact) mass is 315 g/mol. The summed E-state index contributed by atoms with van der Waals surface area (Å²) < 4.78 is 22.7. The van der Waals surface area contributed by atoms with Gasteiger partial charge in [0.15, 0.2) is 9.84 Å². The summed E-state index contributed by atoms with van der Waals surface area (Å²) in [5.41, 5.74) is 0.857. The van der Waals surface area contributed by atoms with Gasteiger partial charge in [-0.1, -0.05) is 12.1 Å². The van der Waals surface area contributed by atoms with E-state index in [2.05, 4.69) is 5.32 Å². The minimum atomic E-state index is -3.24. The maximum Gasteiger partial charge on any atom is 0.224 e. The van der Waals surface area contributed by atoms with E-state index in [0.29, 0.717) is 0 Å². The molecule has 0 unspecified atom stereocenters. The lowest BCUT2D eigenvalue weighted by Gasteiger charge is -2.14. The zero-order valence-corrected chi connectivity index (χ0v) is 12.7. The van der Waals surface area contributed by atoms with Crippen molar-refractivity contribution in [3.8, 4) is 0 Å². The van der Waals surface area contributed by atoms with Crippen molar-refractivity contribution in [2.24, 2.45) is 0 Å². The zero-order valence-electron chi connectivity index (χ0n) is 11.1. The normalized spacial score (nSPS) is 24.5. The number of rotatable bonds is 4. The first-order valence-electron chi connectivity index (χ1n) is 6.20. The van der Waals surface area contributed by atoms with E-state index in [4.69, 9.17) is 0 Å². The van der Waals surface area contributed by atoms with Crippen LogP contribution in [0.25, 0.3) is 0 Å². The number of hydrogen-bond acceptors (Lipinski definition) is 5. The Kier molecular flexibility index (Phi) is 4.72. The standard InChI is InChI=1S/C13H17NO4S2/c1-19-10-4-2-9(3-5-10)6-13(16)14-11-7-20(17,18)8-12(11)15/h2-5,11-12,15H,6-8H2,1H3,(H,14,16)/t11-,12-/m1/s1. The second kappa shape index (κ2) is 6.15. The fourth-order valence-corrected chi connectivity index (χ4v) is 4.30. The maximum absolute atomic E-state index is 11.9. The summed E-state index contributed by atoms with van der Waals surface area (Å²) in [6, 6.07) is 6.91. The molecule has 110 valence electrons. The van der Waals surface area contributed by atoms with Crippen LogP contribution in [0, 0.1) is 0 Å². The molecule has 0 spiro atoms. The van der Waals surface area contributed by atoms with Gasteiger partial charge in [0.2, 0.25) is 5.91 Å². The van der Waals surface area contributed by atoms with Crippen molar-refractivity contribution in [1.82, 2.24) is 5.32 Å². The largest absolute Gasteiger partial charge is 0.390 e. The third-order valence-corrected chi connectivity index (χ3v) is 5.65. The van der Waals surface area contributed by atoms with E-state index in [1.54, 1.807) is 11.8 Å². The summed E-state index contributed by atoms with van der Waals surface area (Å²) in [6.45, 7) is 0. The number of aliphatic hydroxyl groups is 1. The van der Waals surface area contributed by atoms with Crippen molar-refractivity contribution >= 4 is 27.5 Å². The molecule has 0 bridgehead atoms. The predicted molar refractivity (Wildman–Crippen MR) is 78.5 cm³/mol. The second-order valence-corrected chi connectivity index (χ2v) is 7.88. The lowest BCUT2D eigenvalue weighted by Crippen LogP contribution is -2.43. The molecule has 1 heterocycles. The van der Waals surface area contributed by atoms with Gasteiger partial charge in [0.1, 0.15) is 0 Å². The number of thioether (sulfide) groups is 1. The van der Waals surface area contributed by atoms with Gasteiger partial charge in [0, 0.05) is 4.90 Å². The quantitative estimate of drug-likeness (QED) is 0.777. The van der Waals surface area contributed by atoms with Gasteiger partial charge in [-0.25, -0.2) is 8.42 Å². The van der Waals surface area contributed by atoms with Crippen LogP contribution in [0.1, 0.15) is 5.56 Å². The molecule has 20 heavy (non-hydrogen) atoms. The molecule has 7 heteroatoms. The fourth-order valence-electron chi connectivity index (χ4n) is 2.15. The smallest absolute Gasteiger partial charge is 0.224 e. The lowest BCUT2D eigenvalue weighted by molar-refractivity contribution is -0.121. The minimum Gasteiger partial charge on any atom is -0.390 e. The number of benzene rings is 1. The molecule has 2 rings (SSSR count). The molecule has 1 amide bonds. The van der Waals surface area contributed by atoms with Crippen molar-refractivity contribution in [3.05, 3.63) is 29.8 Å². The molecule has 2 atom stereocenters. The van der Waals surface area contributed by atoms with E-state index >= 15 is 0 Å². The molecular formula is C13H17NO4S2. The van der Waals surface area contributed by atoms with Gasteiger partial charge >= 0.3 is 0 Å². The molecule has 1 aromatic carbocycles. The number of carbonyl (C=O) groups is 1. The molecule has 1 aliphatic rings. The average Bonchev–Trinajstić information content (AvgIpc) is 2.63. The minimum absolute atomic E-state index is 0.179. The molecule has 0 aliphatic carbocycles. The Balaban J connectivity index is 1.92. The predicted octanol–water partition coefficient (Wildman–Crippen LogP) is 0.225. The van der Waals surface area contributed by atoms with E-state index in [0.717, 1.165) is 10.5 Å². The van der Waals surface area contributed by atoms with Gasteiger partial charge < -0.3 is 10.4 Å². The third kappa shape index (κ3) is 3.97. The Morgan fingerprint density at radius 1 is 1.35 bits per heavy atom. The number of nitrogens with one attached hydrogen (secondary N) is 1. The van der Waals surface area contributed by atoms with Crippen LogP contribution in [0.3, 0.4) is 0 Å². The highest BCUT2D eigenvalue weighted by Gasteiger charge is 2.37. The summed E-state index contributed by atoms with van der Waals surface area (Å²) in [6.07, 6.45) is 1.14. The highest BCUT2D eigenvalue weighted by molar-refractivity contribution is 7.98. The molecule has 1 aromatic rings. The maximum atomic E-state index is 11.9. The van der Waals surface area contributed by atoms with Gasteiger partial charge in [-0.15, -0.1) is 11.8 Å². The van der Waals surface area contributed by atoms with Crippen molar-refractivity contribution in [1.29, 1.82) is 0 Å². The van der Waals surface area contributed by atoms with Crippen molar-refractivity contribution in [2.45, 2.75) is 23.5 Å². The molecule has 1 fully saturated rings. The van der Waals surface area contributed by atoms with Crippen LogP contribution in [0.4, 0.5) is 0 Å². The van der Waals surface area contributed by atoms with Gasteiger partial charge in [0.25, 0.3) is 0 Å². The number of aliphatic hydroxyl groups excluding tert-OH is 1. The van der Waals surface area contributed by atoms with Crippen LogP contribution in [-0.2, 0) is 21.1 Å². The molecule has 0 radical (unpaired) electrons. The molecule has 2 N–H and O–H groups in total. The number of hydrogen-bond donors (Lipinski definition) is 2. The van der Waals surface area contributed by atoms with E-state index in [1.807, 2.05) is 30.5 Å².